The molecule has 2 saturated heterocycles. The maximum absolute atomic E-state index is 12.5. The number of carbonyl (C=O) groups excluding carboxylic acids is 1. The molecule has 2 aromatic rings. The summed E-state index contributed by atoms with van der Waals surface area (Å²) in [6.45, 7) is 1.26. The Kier molecular flexibility index (Phi) is 6.56. The molecule has 6 nitrogen and oxygen atoms in total. The molecule has 1 amide bonds. The highest BCUT2D eigenvalue weighted by Crippen LogP contribution is 2.25. The predicted molar refractivity (Wildman–Crippen MR) is 112 cm³/mol. The van der Waals surface area contributed by atoms with E-state index in [4.69, 9.17) is 9.47 Å². The molecule has 0 spiro atoms. The van der Waals surface area contributed by atoms with E-state index >= 15 is 0 Å². The Labute approximate surface area is 171 Å². The highest BCUT2D eigenvalue weighted by atomic mass is 16.5. The fourth-order valence-electron chi connectivity index (χ4n) is 3.96. The molecule has 2 heterocycles. The Hall–Kier alpha value is -2.25. The van der Waals surface area contributed by atoms with Gasteiger partial charge in [-0.1, -0.05) is 42.5 Å². The first-order valence-electron chi connectivity index (χ1n) is 10.3. The lowest BCUT2D eigenvalue weighted by molar-refractivity contribution is -0.134. The average molecular weight is 396 g/mol. The normalized spacial score (nSPS) is 27.3. The summed E-state index contributed by atoms with van der Waals surface area (Å²) >= 11 is 0. The first kappa shape index (κ1) is 20.0. The summed E-state index contributed by atoms with van der Waals surface area (Å²) in [6.07, 6.45) is 1.36. The zero-order chi connectivity index (χ0) is 20.1. The zero-order valence-corrected chi connectivity index (χ0v) is 16.4. The Morgan fingerprint density at radius 2 is 1.79 bits per heavy atom. The largest absolute Gasteiger partial charge is 0.389 e. The highest BCUT2D eigenvalue weighted by molar-refractivity contribution is 5.91. The Morgan fingerprint density at radius 3 is 2.59 bits per heavy atom. The number of hydrogen-bond donors (Lipinski definition) is 3. The first-order valence-corrected chi connectivity index (χ1v) is 10.3. The molecule has 0 unspecified atom stereocenters. The third kappa shape index (κ3) is 5.42. The second kappa shape index (κ2) is 9.50. The molecule has 4 atom stereocenters. The average Bonchev–Trinajstić information content (AvgIpc) is 2.73. The minimum absolute atomic E-state index is 0.0453. The van der Waals surface area contributed by atoms with E-state index in [1.807, 2.05) is 42.5 Å². The second-order valence-electron chi connectivity index (χ2n) is 7.78. The van der Waals surface area contributed by atoms with Crippen LogP contribution in [0.15, 0.2) is 54.6 Å². The van der Waals surface area contributed by atoms with E-state index in [1.54, 1.807) is 0 Å². The van der Waals surface area contributed by atoms with Crippen LogP contribution >= 0.6 is 0 Å². The van der Waals surface area contributed by atoms with Gasteiger partial charge in [0.2, 0.25) is 5.91 Å². The van der Waals surface area contributed by atoms with Crippen molar-refractivity contribution in [2.24, 2.45) is 0 Å². The summed E-state index contributed by atoms with van der Waals surface area (Å²) in [5.41, 5.74) is 3.05. The van der Waals surface area contributed by atoms with E-state index in [9.17, 15) is 9.90 Å². The molecule has 0 aliphatic carbocycles. The van der Waals surface area contributed by atoms with E-state index in [1.165, 1.54) is 0 Å². The molecule has 3 N–H and O–H groups in total. The number of ether oxygens (including phenoxy) is 2. The van der Waals surface area contributed by atoms with E-state index in [2.05, 4.69) is 22.8 Å². The number of aliphatic hydroxyl groups is 1. The smallest absolute Gasteiger partial charge is 0.226 e. The Morgan fingerprint density at radius 1 is 1.03 bits per heavy atom. The van der Waals surface area contributed by atoms with Gasteiger partial charge in [0.15, 0.2) is 0 Å². The van der Waals surface area contributed by atoms with Gasteiger partial charge in [0.25, 0.3) is 0 Å². The van der Waals surface area contributed by atoms with Crippen LogP contribution in [-0.4, -0.2) is 55.1 Å². The van der Waals surface area contributed by atoms with E-state index in [0.717, 1.165) is 29.7 Å². The molecule has 0 bridgehead atoms. The molecule has 2 aromatic carbocycles. The van der Waals surface area contributed by atoms with Gasteiger partial charge in [-0.15, -0.1) is 0 Å². The molecule has 4 rings (SSSR count). The molecular weight excluding hydrogens is 368 g/mol. The van der Waals surface area contributed by atoms with Crippen molar-refractivity contribution < 1.29 is 19.4 Å². The summed E-state index contributed by atoms with van der Waals surface area (Å²) in [4.78, 5) is 12.5. The number of carbonyl (C=O) groups is 1. The number of β-amino-alcohol motifs (C(OH)–C–C–N with tert-alkyl or cyclic N) is 1. The van der Waals surface area contributed by atoms with E-state index in [-0.39, 0.29) is 24.2 Å². The third-order valence-electron chi connectivity index (χ3n) is 5.51. The Bertz CT molecular complexity index is 796. The van der Waals surface area contributed by atoms with Crippen LogP contribution in [-0.2, 0) is 14.3 Å². The summed E-state index contributed by atoms with van der Waals surface area (Å²) in [5, 5.41) is 16.0. The molecular formula is C23H28N2O4. The van der Waals surface area contributed by atoms with Crippen molar-refractivity contribution in [1.82, 2.24) is 5.32 Å². The van der Waals surface area contributed by atoms with Crippen molar-refractivity contribution in [1.29, 1.82) is 0 Å². The fraction of sp³-hybridized carbons (Fsp3) is 0.435. The van der Waals surface area contributed by atoms with Crippen molar-refractivity contribution >= 4 is 11.6 Å². The lowest BCUT2D eigenvalue weighted by Gasteiger charge is -2.38. The standard InChI is InChI=1S/C23H28N2O4/c26-19-13-24-21-11-10-20(29-22(21)15-28-14-19)12-23(27)25-18-8-6-17(7-9-18)16-4-2-1-3-5-16/h1-9,19-22,24,26H,10-15H2,(H,25,27)/t19-,20+,21-,22+/m0/s1. The maximum Gasteiger partial charge on any atom is 0.226 e. The number of fused-ring (bicyclic) bond motifs is 1. The zero-order valence-electron chi connectivity index (χ0n) is 16.4. The molecule has 2 aliphatic heterocycles. The van der Waals surface area contributed by atoms with Crippen molar-refractivity contribution in [3.05, 3.63) is 54.6 Å². The predicted octanol–water partition coefficient (Wildman–Crippen LogP) is 2.58. The van der Waals surface area contributed by atoms with Crippen LogP contribution in [0.3, 0.4) is 0 Å². The number of nitrogens with one attached hydrogen (secondary N) is 2. The summed E-state index contributed by atoms with van der Waals surface area (Å²) < 4.78 is 11.7. The summed E-state index contributed by atoms with van der Waals surface area (Å²) in [5.74, 6) is -0.0453. The summed E-state index contributed by atoms with van der Waals surface area (Å²) in [6, 6.07) is 18.2. The van der Waals surface area contributed by atoms with Crippen molar-refractivity contribution in [3.63, 3.8) is 0 Å². The highest BCUT2D eigenvalue weighted by Gasteiger charge is 2.33. The fourth-order valence-corrected chi connectivity index (χ4v) is 3.96. The minimum atomic E-state index is -0.479. The van der Waals surface area contributed by atoms with Gasteiger partial charge in [-0.25, -0.2) is 0 Å². The topological polar surface area (TPSA) is 79.8 Å². The van der Waals surface area contributed by atoms with E-state index in [0.29, 0.717) is 26.2 Å². The van der Waals surface area contributed by atoms with Gasteiger partial charge in [-0.3, -0.25) is 4.79 Å². The molecule has 6 heteroatoms. The number of rotatable bonds is 4. The number of benzene rings is 2. The number of anilines is 1. The molecule has 0 aromatic heterocycles. The molecule has 2 aliphatic rings. The van der Waals surface area contributed by atoms with Crippen LogP contribution in [0.2, 0.25) is 0 Å². The van der Waals surface area contributed by atoms with Gasteiger partial charge in [0.05, 0.1) is 37.9 Å². The molecule has 0 saturated carbocycles. The van der Waals surface area contributed by atoms with Gasteiger partial charge >= 0.3 is 0 Å². The van der Waals surface area contributed by atoms with Crippen LogP contribution in [0.1, 0.15) is 19.3 Å². The maximum atomic E-state index is 12.5. The lowest BCUT2D eigenvalue weighted by Crippen LogP contribution is -2.53. The summed E-state index contributed by atoms with van der Waals surface area (Å²) in [7, 11) is 0. The van der Waals surface area contributed by atoms with Gasteiger partial charge in [-0.05, 0) is 36.1 Å². The van der Waals surface area contributed by atoms with Crippen LogP contribution in [0.25, 0.3) is 11.1 Å². The monoisotopic (exact) mass is 396 g/mol. The molecule has 2 fully saturated rings. The van der Waals surface area contributed by atoms with Gasteiger partial charge in [-0.2, -0.15) is 0 Å². The van der Waals surface area contributed by atoms with Gasteiger partial charge in [0, 0.05) is 18.3 Å². The number of hydrogen-bond acceptors (Lipinski definition) is 5. The van der Waals surface area contributed by atoms with Gasteiger partial charge < -0.3 is 25.2 Å². The van der Waals surface area contributed by atoms with Crippen molar-refractivity contribution in [3.8, 4) is 11.1 Å². The number of amides is 1. The van der Waals surface area contributed by atoms with Crippen molar-refractivity contribution in [2.45, 2.75) is 43.6 Å². The molecule has 154 valence electrons. The molecule has 0 radical (unpaired) electrons. The van der Waals surface area contributed by atoms with E-state index < -0.39 is 6.10 Å². The minimum Gasteiger partial charge on any atom is -0.389 e. The quantitative estimate of drug-likeness (QED) is 0.740. The second-order valence-corrected chi connectivity index (χ2v) is 7.78. The lowest BCUT2D eigenvalue weighted by atomic mass is 9.96. The third-order valence-corrected chi connectivity index (χ3v) is 5.51. The number of aliphatic hydroxyl groups excluding tert-OH is 1. The first-order chi connectivity index (χ1) is 14.2. The van der Waals surface area contributed by atoms with Crippen LogP contribution in [0.5, 0.6) is 0 Å². The van der Waals surface area contributed by atoms with Crippen LogP contribution in [0.4, 0.5) is 5.69 Å². The van der Waals surface area contributed by atoms with Gasteiger partial charge in [0.1, 0.15) is 0 Å². The van der Waals surface area contributed by atoms with Crippen LogP contribution in [0, 0.1) is 0 Å². The van der Waals surface area contributed by atoms with Crippen LogP contribution < -0.4 is 10.6 Å². The van der Waals surface area contributed by atoms with Crippen molar-refractivity contribution in [2.75, 3.05) is 25.1 Å². The SMILES string of the molecule is O=C(C[C@H]1CC[C@@H]2NC[C@H](O)COC[C@H]2O1)Nc1ccc(-c2ccccc2)cc1. The molecule has 29 heavy (non-hydrogen) atoms. The Balaban J connectivity index is 1.28.